The second-order valence-corrected chi connectivity index (χ2v) is 5.69. The van der Waals surface area contributed by atoms with Crippen molar-refractivity contribution >= 4 is 0 Å². The SMILES string of the molecule is N#Cc1cc(CN2CC3CCC(O)C3C2)ccc1F. The van der Waals surface area contributed by atoms with Crippen LogP contribution in [0.25, 0.3) is 0 Å². The number of halogens is 1. The molecule has 3 nitrogen and oxygen atoms in total. The Morgan fingerprint density at radius 2 is 2.21 bits per heavy atom. The lowest BCUT2D eigenvalue weighted by atomic mass is 10.00. The van der Waals surface area contributed by atoms with Gasteiger partial charge in [0.1, 0.15) is 11.9 Å². The summed E-state index contributed by atoms with van der Waals surface area (Å²) in [4.78, 5) is 2.30. The molecular weight excluding hydrogens is 243 g/mol. The van der Waals surface area contributed by atoms with Crippen LogP contribution < -0.4 is 0 Å². The number of likely N-dealkylation sites (tertiary alicyclic amines) is 1. The van der Waals surface area contributed by atoms with E-state index in [1.807, 2.05) is 6.07 Å². The molecule has 19 heavy (non-hydrogen) atoms. The van der Waals surface area contributed by atoms with E-state index in [0.29, 0.717) is 11.8 Å². The number of aliphatic hydroxyl groups excluding tert-OH is 1. The van der Waals surface area contributed by atoms with Crippen molar-refractivity contribution in [2.24, 2.45) is 11.8 Å². The molecule has 100 valence electrons. The van der Waals surface area contributed by atoms with Crippen LogP contribution in [0.1, 0.15) is 24.0 Å². The van der Waals surface area contributed by atoms with Gasteiger partial charge in [0, 0.05) is 25.6 Å². The van der Waals surface area contributed by atoms with Crippen LogP contribution in [0.4, 0.5) is 4.39 Å². The zero-order valence-electron chi connectivity index (χ0n) is 10.7. The van der Waals surface area contributed by atoms with Gasteiger partial charge in [-0.05, 0) is 36.5 Å². The van der Waals surface area contributed by atoms with Crippen LogP contribution in [0.3, 0.4) is 0 Å². The number of benzene rings is 1. The summed E-state index contributed by atoms with van der Waals surface area (Å²) in [6.45, 7) is 2.64. The molecule has 1 saturated heterocycles. The van der Waals surface area contributed by atoms with Gasteiger partial charge in [-0.2, -0.15) is 5.26 Å². The summed E-state index contributed by atoms with van der Waals surface area (Å²) in [6, 6.07) is 6.60. The summed E-state index contributed by atoms with van der Waals surface area (Å²) in [6.07, 6.45) is 1.88. The molecule has 0 aromatic heterocycles. The first-order valence-electron chi connectivity index (χ1n) is 6.76. The van der Waals surface area contributed by atoms with E-state index in [2.05, 4.69) is 4.90 Å². The molecule has 2 aliphatic rings. The van der Waals surface area contributed by atoms with Crippen LogP contribution in [0.15, 0.2) is 18.2 Å². The maximum atomic E-state index is 13.3. The Labute approximate surface area is 112 Å². The number of rotatable bonds is 2. The lowest BCUT2D eigenvalue weighted by molar-refractivity contribution is 0.123. The maximum Gasteiger partial charge on any atom is 0.140 e. The molecule has 0 bridgehead atoms. The van der Waals surface area contributed by atoms with E-state index in [0.717, 1.165) is 38.0 Å². The van der Waals surface area contributed by atoms with Crippen molar-refractivity contribution in [3.05, 3.63) is 35.1 Å². The highest BCUT2D eigenvalue weighted by Gasteiger charge is 2.41. The third-order valence-electron chi connectivity index (χ3n) is 4.45. The van der Waals surface area contributed by atoms with Crippen LogP contribution in [0.2, 0.25) is 0 Å². The first-order chi connectivity index (χ1) is 9.17. The molecule has 1 N–H and O–H groups in total. The van der Waals surface area contributed by atoms with Gasteiger partial charge in [-0.15, -0.1) is 0 Å². The Morgan fingerprint density at radius 1 is 1.37 bits per heavy atom. The third-order valence-corrected chi connectivity index (χ3v) is 4.45. The van der Waals surface area contributed by atoms with Crippen molar-refractivity contribution in [3.8, 4) is 6.07 Å². The first-order valence-corrected chi connectivity index (χ1v) is 6.76. The summed E-state index contributed by atoms with van der Waals surface area (Å²) in [5.41, 5.74) is 1.07. The minimum atomic E-state index is -0.458. The largest absolute Gasteiger partial charge is 0.393 e. The van der Waals surface area contributed by atoms with Crippen LogP contribution >= 0.6 is 0 Å². The number of nitrogens with zero attached hydrogens (tertiary/aromatic N) is 2. The molecule has 1 aliphatic heterocycles. The molecule has 1 heterocycles. The van der Waals surface area contributed by atoms with Gasteiger partial charge < -0.3 is 5.11 Å². The van der Waals surface area contributed by atoms with Crippen LogP contribution in [-0.4, -0.2) is 29.2 Å². The van der Waals surface area contributed by atoms with Gasteiger partial charge in [0.25, 0.3) is 0 Å². The number of aliphatic hydroxyl groups is 1. The van der Waals surface area contributed by atoms with E-state index in [9.17, 15) is 9.50 Å². The fraction of sp³-hybridized carbons (Fsp3) is 0.533. The number of hydrogen-bond acceptors (Lipinski definition) is 3. The summed E-state index contributed by atoms with van der Waals surface area (Å²) in [7, 11) is 0. The van der Waals surface area contributed by atoms with E-state index in [1.54, 1.807) is 12.1 Å². The van der Waals surface area contributed by atoms with Gasteiger partial charge in [-0.3, -0.25) is 4.90 Å². The standard InChI is InChI=1S/C15H17FN2O/c16-14-3-1-10(5-12(14)6-17)7-18-8-11-2-4-15(19)13(11)9-18/h1,3,5,11,13,15,19H,2,4,7-9H2. The Bertz CT molecular complexity index is 525. The van der Waals surface area contributed by atoms with Crippen molar-refractivity contribution in [3.63, 3.8) is 0 Å². The molecule has 1 aromatic rings. The van der Waals surface area contributed by atoms with Gasteiger partial charge >= 0.3 is 0 Å². The quantitative estimate of drug-likeness (QED) is 0.883. The Morgan fingerprint density at radius 3 is 2.95 bits per heavy atom. The fourth-order valence-electron chi connectivity index (χ4n) is 3.47. The van der Waals surface area contributed by atoms with Crippen molar-refractivity contribution in [1.82, 2.24) is 4.90 Å². The van der Waals surface area contributed by atoms with Crippen molar-refractivity contribution < 1.29 is 9.50 Å². The first kappa shape index (κ1) is 12.6. The molecule has 1 saturated carbocycles. The van der Waals surface area contributed by atoms with Gasteiger partial charge in [0.05, 0.1) is 11.7 Å². The molecule has 1 aromatic carbocycles. The highest BCUT2D eigenvalue weighted by atomic mass is 19.1. The number of fused-ring (bicyclic) bond motifs is 1. The minimum Gasteiger partial charge on any atom is -0.393 e. The second kappa shape index (κ2) is 4.92. The molecule has 0 amide bonds. The number of nitriles is 1. The van der Waals surface area contributed by atoms with Crippen molar-refractivity contribution in [1.29, 1.82) is 5.26 Å². The Balaban J connectivity index is 1.69. The topological polar surface area (TPSA) is 47.3 Å². The summed E-state index contributed by atoms with van der Waals surface area (Å²) >= 11 is 0. The van der Waals surface area contributed by atoms with E-state index >= 15 is 0 Å². The Kier molecular flexibility index (Phi) is 3.26. The Hall–Kier alpha value is -1.44. The average molecular weight is 260 g/mol. The normalized spacial score (nSPS) is 30.3. The van der Waals surface area contributed by atoms with Gasteiger partial charge in [-0.1, -0.05) is 6.07 Å². The molecule has 0 radical (unpaired) electrons. The summed E-state index contributed by atoms with van der Waals surface area (Å²) < 4.78 is 13.3. The highest BCUT2D eigenvalue weighted by Crippen LogP contribution is 2.38. The smallest absolute Gasteiger partial charge is 0.140 e. The van der Waals surface area contributed by atoms with Crippen LogP contribution in [-0.2, 0) is 6.54 Å². The van der Waals surface area contributed by atoms with Gasteiger partial charge in [-0.25, -0.2) is 4.39 Å². The predicted octanol–water partition coefficient (Wildman–Crippen LogP) is 1.90. The molecule has 2 fully saturated rings. The highest BCUT2D eigenvalue weighted by molar-refractivity contribution is 5.34. The summed E-state index contributed by atoms with van der Waals surface area (Å²) in [5, 5.41) is 18.7. The van der Waals surface area contributed by atoms with E-state index in [1.165, 1.54) is 6.07 Å². The van der Waals surface area contributed by atoms with Crippen molar-refractivity contribution in [2.45, 2.75) is 25.5 Å². The van der Waals surface area contributed by atoms with Crippen LogP contribution in [0.5, 0.6) is 0 Å². The third kappa shape index (κ3) is 2.36. The monoisotopic (exact) mass is 260 g/mol. The molecule has 1 aliphatic carbocycles. The predicted molar refractivity (Wildman–Crippen MR) is 68.6 cm³/mol. The number of hydrogen-bond donors (Lipinski definition) is 1. The lowest BCUT2D eigenvalue weighted by Gasteiger charge is -2.18. The summed E-state index contributed by atoms with van der Waals surface area (Å²) in [5.74, 6) is 0.543. The zero-order valence-corrected chi connectivity index (χ0v) is 10.7. The maximum absolute atomic E-state index is 13.3. The fourth-order valence-corrected chi connectivity index (χ4v) is 3.47. The molecule has 0 spiro atoms. The molecule has 4 heteroatoms. The molecule has 3 atom stereocenters. The van der Waals surface area contributed by atoms with E-state index in [4.69, 9.17) is 5.26 Å². The van der Waals surface area contributed by atoms with Gasteiger partial charge in [0.2, 0.25) is 0 Å². The van der Waals surface area contributed by atoms with Crippen LogP contribution in [0, 0.1) is 29.0 Å². The van der Waals surface area contributed by atoms with E-state index < -0.39 is 5.82 Å². The molecule has 3 unspecified atom stereocenters. The second-order valence-electron chi connectivity index (χ2n) is 5.69. The molecular formula is C15H17FN2O. The van der Waals surface area contributed by atoms with Crippen molar-refractivity contribution in [2.75, 3.05) is 13.1 Å². The van der Waals surface area contributed by atoms with Gasteiger partial charge in [0.15, 0.2) is 0 Å². The lowest BCUT2D eigenvalue weighted by Crippen LogP contribution is -2.24. The zero-order chi connectivity index (χ0) is 13.4. The molecule has 3 rings (SSSR count). The van der Waals surface area contributed by atoms with E-state index in [-0.39, 0.29) is 11.7 Å². The minimum absolute atomic E-state index is 0.108. The average Bonchev–Trinajstić information content (AvgIpc) is 2.94.